The summed E-state index contributed by atoms with van der Waals surface area (Å²) < 4.78 is 22.7. The second-order valence-electron chi connectivity index (χ2n) is 24.1. The minimum Gasteiger partial charge on any atom is -0.545 e. The molecule has 0 rings (SSSR count). The SMILES string of the molecule is CCCCCCC/C=C\C/C=C\CCCCCCCCCCCCCCCCCCCCCCCCCCCCCCCC(=O)OC(COC(=O)CCCCCCCCCCCCC)COC(OCC[N+](C)(C)C)C(=O)[O-]. The number of esters is 2. The highest BCUT2D eigenvalue weighted by Gasteiger charge is 2.22. The van der Waals surface area contributed by atoms with Crippen molar-refractivity contribution in [1.82, 2.24) is 0 Å². The maximum atomic E-state index is 12.9. The van der Waals surface area contributed by atoms with E-state index in [2.05, 4.69) is 38.2 Å². The monoisotopic (exact) mass is 1090 g/mol. The third kappa shape index (κ3) is 61.2. The lowest BCUT2D eigenvalue weighted by atomic mass is 10.0. The summed E-state index contributed by atoms with van der Waals surface area (Å²) in [7, 11) is 5.93. The number of likely N-dealkylation sites (N-methyl/N-ethyl adjacent to an activating group) is 1. The van der Waals surface area contributed by atoms with Crippen LogP contribution in [0.3, 0.4) is 0 Å². The zero-order valence-electron chi connectivity index (χ0n) is 51.9. The first-order chi connectivity index (χ1) is 37.6. The van der Waals surface area contributed by atoms with E-state index in [1.54, 1.807) is 0 Å². The van der Waals surface area contributed by atoms with Gasteiger partial charge in [-0.05, 0) is 44.9 Å². The molecular weight excluding hydrogens is 959 g/mol. The number of quaternary nitrogens is 1. The van der Waals surface area contributed by atoms with E-state index in [1.165, 1.54) is 263 Å². The van der Waals surface area contributed by atoms with E-state index in [1.807, 2.05) is 21.1 Å². The van der Waals surface area contributed by atoms with Crippen molar-refractivity contribution in [3.05, 3.63) is 24.3 Å². The minimum absolute atomic E-state index is 0.152. The van der Waals surface area contributed by atoms with Crippen LogP contribution >= 0.6 is 0 Å². The first-order valence-corrected chi connectivity index (χ1v) is 33.5. The number of unbranched alkanes of at least 4 members (excludes halogenated alkanes) is 44. The molecule has 0 aromatic heterocycles. The molecule has 0 aromatic carbocycles. The maximum absolute atomic E-state index is 12.9. The maximum Gasteiger partial charge on any atom is 0.306 e. The van der Waals surface area contributed by atoms with Crippen LogP contribution in [0.25, 0.3) is 0 Å². The summed E-state index contributed by atoms with van der Waals surface area (Å²) in [6.07, 6.45) is 70.1. The van der Waals surface area contributed by atoms with Crippen LogP contribution < -0.4 is 5.11 Å². The molecule has 0 aliphatic heterocycles. The Hall–Kier alpha value is -2.23. The number of carboxylic acids is 1. The molecule has 0 amide bonds. The predicted molar refractivity (Wildman–Crippen MR) is 325 cm³/mol. The van der Waals surface area contributed by atoms with E-state index in [0.717, 1.165) is 44.9 Å². The second-order valence-corrected chi connectivity index (χ2v) is 24.1. The van der Waals surface area contributed by atoms with Crippen molar-refractivity contribution in [2.45, 2.75) is 347 Å². The molecule has 0 spiro atoms. The van der Waals surface area contributed by atoms with Gasteiger partial charge in [0.1, 0.15) is 13.2 Å². The molecule has 0 aliphatic rings. The number of allylic oxidation sites excluding steroid dienone is 4. The normalized spacial score (nSPS) is 12.8. The molecule has 2 atom stereocenters. The molecule has 0 radical (unpaired) electrons. The van der Waals surface area contributed by atoms with Gasteiger partial charge in [0, 0.05) is 12.8 Å². The van der Waals surface area contributed by atoms with Crippen molar-refractivity contribution in [1.29, 1.82) is 0 Å². The summed E-state index contributed by atoms with van der Waals surface area (Å²) in [5.74, 6) is -2.26. The first kappa shape index (κ1) is 74.8. The first-order valence-electron chi connectivity index (χ1n) is 33.5. The minimum atomic E-state index is -1.62. The Morgan fingerprint density at radius 1 is 0.390 bits per heavy atom. The fraction of sp³-hybridized carbons (Fsp3) is 0.897. The van der Waals surface area contributed by atoms with Crippen molar-refractivity contribution in [3.63, 3.8) is 0 Å². The van der Waals surface area contributed by atoms with Gasteiger partial charge in [-0.15, -0.1) is 0 Å². The van der Waals surface area contributed by atoms with Crippen LogP contribution in [0, 0.1) is 0 Å². The summed E-state index contributed by atoms with van der Waals surface area (Å²) in [4.78, 5) is 37.2. The highest BCUT2D eigenvalue weighted by atomic mass is 16.7. The third-order valence-electron chi connectivity index (χ3n) is 15.2. The average Bonchev–Trinajstić information content (AvgIpc) is 3.40. The van der Waals surface area contributed by atoms with Gasteiger partial charge in [0.15, 0.2) is 12.4 Å². The summed E-state index contributed by atoms with van der Waals surface area (Å²) >= 11 is 0. The van der Waals surface area contributed by atoms with Crippen LogP contribution in [0.15, 0.2) is 24.3 Å². The number of hydrogen-bond acceptors (Lipinski definition) is 8. The molecule has 454 valence electrons. The molecule has 0 aromatic rings. The van der Waals surface area contributed by atoms with Crippen LogP contribution in [0.1, 0.15) is 335 Å². The van der Waals surface area contributed by atoms with Crippen LogP contribution in [0.5, 0.6) is 0 Å². The molecule has 0 bridgehead atoms. The Balaban J connectivity index is 3.83. The average molecular weight is 1090 g/mol. The van der Waals surface area contributed by atoms with Gasteiger partial charge in [0.25, 0.3) is 0 Å². The Labute approximate surface area is 478 Å². The predicted octanol–water partition coefficient (Wildman–Crippen LogP) is 18.9. The van der Waals surface area contributed by atoms with E-state index in [9.17, 15) is 19.5 Å². The van der Waals surface area contributed by atoms with Crippen molar-refractivity contribution < 1.29 is 42.9 Å². The molecule has 0 N–H and O–H groups in total. The summed E-state index contributed by atoms with van der Waals surface area (Å²) in [6.45, 7) is 4.77. The zero-order chi connectivity index (χ0) is 56.2. The van der Waals surface area contributed by atoms with Crippen molar-refractivity contribution in [2.24, 2.45) is 0 Å². The van der Waals surface area contributed by atoms with E-state index >= 15 is 0 Å². The molecule has 0 fully saturated rings. The summed E-state index contributed by atoms with van der Waals surface area (Å²) in [6, 6.07) is 0. The fourth-order valence-electron chi connectivity index (χ4n) is 10.0. The topological polar surface area (TPSA) is 111 Å². The molecule has 9 nitrogen and oxygen atoms in total. The number of carbonyl (C=O) groups is 3. The number of carbonyl (C=O) groups excluding carboxylic acids is 3. The largest absolute Gasteiger partial charge is 0.545 e. The molecule has 77 heavy (non-hydrogen) atoms. The number of ether oxygens (including phenoxy) is 4. The third-order valence-corrected chi connectivity index (χ3v) is 15.2. The van der Waals surface area contributed by atoms with Crippen LogP contribution in [0.4, 0.5) is 0 Å². The number of rotatable bonds is 63. The Morgan fingerprint density at radius 3 is 1.03 bits per heavy atom. The number of aliphatic carboxylic acids is 1. The van der Waals surface area contributed by atoms with Crippen molar-refractivity contribution >= 4 is 17.9 Å². The summed E-state index contributed by atoms with van der Waals surface area (Å²) in [5, 5.41) is 11.8. The fourth-order valence-corrected chi connectivity index (χ4v) is 10.0. The van der Waals surface area contributed by atoms with Crippen LogP contribution in [0.2, 0.25) is 0 Å². The molecule has 0 heterocycles. The Morgan fingerprint density at radius 2 is 0.701 bits per heavy atom. The second kappa shape index (κ2) is 59.9. The van der Waals surface area contributed by atoms with Gasteiger partial charge in [-0.25, -0.2) is 0 Å². The molecule has 2 unspecified atom stereocenters. The molecule has 0 saturated heterocycles. The highest BCUT2D eigenvalue weighted by Crippen LogP contribution is 2.18. The van der Waals surface area contributed by atoms with Crippen molar-refractivity contribution in [2.75, 3.05) is 47.5 Å². The van der Waals surface area contributed by atoms with E-state index in [4.69, 9.17) is 18.9 Å². The van der Waals surface area contributed by atoms with Gasteiger partial charge < -0.3 is 33.3 Å². The Kier molecular flexibility index (Phi) is 58.1. The highest BCUT2D eigenvalue weighted by molar-refractivity contribution is 5.70. The van der Waals surface area contributed by atoms with E-state index in [-0.39, 0.29) is 32.2 Å². The summed E-state index contributed by atoms with van der Waals surface area (Å²) in [5.41, 5.74) is 0. The standard InChI is InChI=1S/C68H129NO8/c1-6-8-10-12-14-16-18-19-20-21-22-23-24-25-26-27-28-29-30-31-32-33-34-35-36-37-38-39-40-41-42-43-44-45-46-47-49-51-53-55-57-59-66(71)77-64(63-76-68(67(72)73)74-61-60-69(3,4)5)62-75-65(70)58-56-54-52-50-48-17-15-13-11-9-7-2/h18-19,21-22,64,68H,6-17,20,23-63H2,1-5H3/b19-18-,22-21-. The van der Waals surface area contributed by atoms with E-state index in [0.29, 0.717) is 17.4 Å². The molecule has 0 saturated carbocycles. The smallest absolute Gasteiger partial charge is 0.306 e. The van der Waals surface area contributed by atoms with Gasteiger partial charge in [0.05, 0.1) is 40.3 Å². The van der Waals surface area contributed by atoms with Gasteiger partial charge in [-0.1, -0.05) is 301 Å². The van der Waals surface area contributed by atoms with Crippen molar-refractivity contribution in [3.8, 4) is 0 Å². The van der Waals surface area contributed by atoms with Gasteiger partial charge in [0.2, 0.25) is 0 Å². The molecule has 9 heteroatoms. The van der Waals surface area contributed by atoms with Crippen LogP contribution in [-0.2, 0) is 33.3 Å². The number of nitrogens with zero attached hydrogens (tertiary/aromatic N) is 1. The quantitative estimate of drug-likeness (QED) is 0.0195. The molecule has 0 aliphatic carbocycles. The lowest BCUT2D eigenvalue weighted by molar-refractivity contribution is -0.870. The van der Waals surface area contributed by atoms with Gasteiger partial charge in [-0.2, -0.15) is 0 Å². The van der Waals surface area contributed by atoms with Gasteiger partial charge >= 0.3 is 11.9 Å². The number of hydrogen-bond donors (Lipinski definition) is 0. The number of carboxylic acid groups (broad SMARTS) is 1. The zero-order valence-corrected chi connectivity index (χ0v) is 51.9. The molecular formula is C68H129NO8. The van der Waals surface area contributed by atoms with Crippen LogP contribution in [-0.4, -0.2) is 82.3 Å². The Bertz CT molecular complexity index is 1310. The van der Waals surface area contributed by atoms with E-state index < -0.39 is 24.3 Å². The lowest BCUT2D eigenvalue weighted by Crippen LogP contribution is -2.44. The van der Waals surface area contributed by atoms with Gasteiger partial charge in [-0.3, -0.25) is 9.59 Å². The lowest BCUT2D eigenvalue weighted by Gasteiger charge is -2.26.